The maximum Gasteiger partial charge on any atom is 0.272 e. The van der Waals surface area contributed by atoms with Crippen molar-refractivity contribution in [3.05, 3.63) is 88.9 Å². The number of nitrogens with one attached hydrogen (secondary N) is 1. The molecule has 8 heteroatoms. The molecule has 0 bridgehead atoms. The number of nitrogens with zero attached hydrogens (tertiary/aromatic N) is 3. The molecular formula is C25H19BrN4O3. The number of rotatable bonds is 4. The van der Waals surface area contributed by atoms with E-state index in [1.807, 2.05) is 37.3 Å². The van der Waals surface area contributed by atoms with Crippen molar-refractivity contribution in [2.24, 2.45) is 11.0 Å². The van der Waals surface area contributed by atoms with Crippen molar-refractivity contribution in [3.8, 4) is 0 Å². The summed E-state index contributed by atoms with van der Waals surface area (Å²) in [4.78, 5) is 41.3. The Hall–Kier alpha value is -3.78. The summed E-state index contributed by atoms with van der Waals surface area (Å²) in [6, 6.07) is 22.4. The van der Waals surface area contributed by atoms with Gasteiger partial charge in [-0.15, -0.1) is 0 Å². The predicted molar refractivity (Wildman–Crippen MR) is 130 cm³/mol. The van der Waals surface area contributed by atoms with E-state index in [2.05, 4.69) is 26.3 Å². The van der Waals surface area contributed by atoms with E-state index in [9.17, 15) is 14.4 Å². The molecule has 0 unspecified atom stereocenters. The van der Waals surface area contributed by atoms with Crippen molar-refractivity contribution in [2.75, 3.05) is 15.2 Å². The summed E-state index contributed by atoms with van der Waals surface area (Å²) in [5.74, 6) is -2.40. The Labute approximate surface area is 198 Å². The van der Waals surface area contributed by atoms with E-state index in [0.717, 1.165) is 14.9 Å². The van der Waals surface area contributed by atoms with Crippen LogP contribution in [0.25, 0.3) is 0 Å². The first-order valence-corrected chi connectivity index (χ1v) is 11.2. The molecule has 0 spiro atoms. The Kier molecular flexibility index (Phi) is 5.30. The fraction of sp³-hybridized carbons (Fsp3) is 0.120. The molecule has 3 aromatic carbocycles. The quantitative estimate of drug-likeness (QED) is 0.543. The van der Waals surface area contributed by atoms with Crippen molar-refractivity contribution >= 4 is 56.4 Å². The van der Waals surface area contributed by atoms with E-state index in [1.54, 1.807) is 48.5 Å². The minimum Gasteiger partial charge on any atom is -0.321 e. The van der Waals surface area contributed by atoms with Gasteiger partial charge in [-0.2, -0.15) is 5.10 Å². The number of hydrazone groups is 1. The van der Waals surface area contributed by atoms with Crippen molar-refractivity contribution in [2.45, 2.75) is 13.0 Å². The summed E-state index contributed by atoms with van der Waals surface area (Å²) in [6.07, 6.45) is 0. The number of aryl methyl sites for hydroxylation is 1. The SMILES string of the molecule is Cc1ccc(N2N=C(C(=O)Nc3ccccc3)[C@@H]3C(=O)N(c4ccc(Br)cc4)C(=O)[C@@H]32)cc1. The fourth-order valence-electron chi connectivity index (χ4n) is 4.07. The second-order valence-corrected chi connectivity index (χ2v) is 8.81. The summed E-state index contributed by atoms with van der Waals surface area (Å²) in [7, 11) is 0. The van der Waals surface area contributed by atoms with Gasteiger partial charge in [-0.3, -0.25) is 19.4 Å². The zero-order chi connectivity index (χ0) is 23.1. The molecule has 2 atom stereocenters. The second-order valence-electron chi connectivity index (χ2n) is 7.90. The first-order chi connectivity index (χ1) is 15.9. The van der Waals surface area contributed by atoms with E-state index in [4.69, 9.17) is 0 Å². The summed E-state index contributed by atoms with van der Waals surface area (Å²) >= 11 is 3.37. The zero-order valence-electron chi connectivity index (χ0n) is 17.6. The largest absolute Gasteiger partial charge is 0.321 e. The highest BCUT2D eigenvalue weighted by Gasteiger charge is 2.58. The normalized spacial score (nSPS) is 19.5. The van der Waals surface area contributed by atoms with Gasteiger partial charge in [-0.25, -0.2) is 4.90 Å². The van der Waals surface area contributed by atoms with Crippen molar-refractivity contribution in [1.82, 2.24) is 0 Å². The molecule has 33 heavy (non-hydrogen) atoms. The number of imide groups is 1. The van der Waals surface area contributed by atoms with E-state index in [0.29, 0.717) is 17.1 Å². The molecule has 0 radical (unpaired) electrons. The van der Waals surface area contributed by atoms with Crippen molar-refractivity contribution < 1.29 is 14.4 Å². The van der Waals surface area contributed by atoms with Gasteiger partial charge in [0.25, 0.3) is 11.8 Å². The van der Waals surface area contributed by atoms with Crippen molar-refractivity contribution in [1.29, 1.82) is 0 Å². The smallest absolute Gasteiger partial charge is 0.272 e. The van der Waals surface area contributed by atoms with Crippen LogP contribution < -0.4 is 15.2 Å². The number of hydrogen-bond acceptors (Lipinski definition) is 5. The zero-order valence-corrected chi connectivity index (χ0v) is 19.2. The molecule has 0 aliphatic carbocycles. The molecule has 5 rings (SSSR count). The molecule has 2 aliphatic heterocycles. The fourth-order valence-corrected chi connectivity index (χ4v) is 4.34. The number of hydrogen-bond donors (Lipinski definition) is 1. The van der Waals surface area contributed by atoms with Crippen LogP contribution in [0.3, 0.4) is 0 Å². The van der Waals surface area contributed by atoms with Crippen LogP contribution in [0.1, 0.15) is 5.56 Å². The number of halogens is 1. The molecule has 1 N–H and O–H groups in total. The number of amides is 3. The highest BCUT2D eigenvalue weighted by atomic mass is 79.9. The number of carbonyl (C=O) groups is 3. The molecule has 0 aromatic heterocycles. The Bertz CT molecular complexity index is 1270. The topological polar surface area (TPSA) is 82.1 Å². The third kappa shape index (κ3) is 3.72. The van der Waals surface area contributed by atoms with Gasteiger partial charge in [-0.05, 0) is 55.5 Å². The number of fused-ring (bicyclic) bond motifs is 1. The summed E-state index contributed by atoms with van der Waals surface area (Å²) in [5, 5.41) is 8.75. The van der Waals surface area contributed by atoms with Gasteiger partial charge in [0, 0.05) is 10.2 Å². The molecule has 2 aliphatic rings. The molecule has 164 valence electrons. The van der Waals surface area contributed by atoms with E-state index >= 15 is 0 Å². The average molecular weight is 503 g/mol. The minimum absolute atomic E-state index is 0.0161. The van der Waals surface area contributed by atoms with Crippen LogP contribution in [0.2, 0.25) is 0 Å². The standard InChI is InChI=1S/C25H19BrN4O3/c1-15-7-11-19(12-8-15)30-22-20(21(28-30)23(31)27-17-5-3-2-4-6-17)24(32)29(25(22)33)18-13-9-16(26)10-14-18/h2-14,20,22H,1H3,(H,27,31)/t20-,22+/m0/s1. The Morgan fingerprint density at radius 2 is 1.52 bits per heavy atom. The number of anilines is 3. The van der Waals surface area contributed by atoms with Crippen LogP contribution in [0.15, 0.2) is 88.4 Å². The number of benzene rings is 3. The maximum absolute atomic E-state index is 13.5. The molecule has 3 aromatic rings. The van der Waals surface area contributed by atoms with Crippen LogP contribution in [-0.4, -0.2) is 29.5 Å². The lowest BCUT2D eigenvalue weighted by molar-refractivity contribution is -0.122. The highest BCUT2D eigenvalue weighted by Crippen LogP contribution is 2.38. The lowest BCUT2D eigenvalue weighted by Crippen LogP contribution is -2.39. The van der Waals surface area contributed by atoms with Crippen LogP contribution in [0, 0.1) is 12.8 Å². The molecule has 0 saturated carbocycles. The summed E-state index contributed by atoms with van der Waals surface area (Å²) in [5.41, 5.74) is 2.73. The monoisotopic (exact) mass is 502 g/mol. The molecule has 1 fully saturated rings. The highest BCUT2D eigenvalue weighted by molar-refractivity contribution is 9.10. The Morgan fingerprint density at radius 1 is 0.879 bits per heavy atom. The molecule has 3 amide bonds. The van der Waals surface area contributed by atoms with Crippen LogP contribution >= 0.6 is 15.9 Å². The van der Waals surface area contributed by atoms with E-state index < -0.39 is 29.7 Å². The second kappa shape index (κ2) is 8.29. The molecular weight excluding hydrogens is 484 g/mol. The maximum atomic E-state index is 13.5. The molecule has 2 heterocycles. The third-order valence-electron chi connectivity index (χ3n) is 5.70. The van der Waals surface area contributed by atoms with Gasteiger partial charge in [-0.1, -0.05) is 51.8 Å². The molecule has 7 nitrogen and oxygen atoms in total. The van der Waals surface area contributed by atoms with Crippen molar-refractivity contribution in [3.63, 3.8) is 0 Å². The van der Waals surface area contributed by atoms with Crippen LogP contribution in [-0.2, 0) is 14.4 Å². The van der Waals surface area contributed by atoms with Gasteiger partial charge < -0.3 is 5.32 Å². The summed E-state index contributed by atoms with van der Waals surface area (Å²) < 4.78 is 0.830. The van der Waals surface area contributed by atoms with Gasteiger partial charge in [0.05, 0.1) is 11.4 Å². The first kappa shape index (κ1) is 21.1. The van der Waals surface area contributed by atoms with Crippen LogP contribution in [0.4, 0.5) is 17.1 Å². The molecule has 1 saturated heterocycles. The average Bonchev–Trinajstić information content (AvgIpc) is 3.33. The van der Waals surface area contributed by atoms with E-state index in [1.165, 1.54) is 5.01 Å². The lowest BCUT2D eigenvalue weighted by Gasteiger charge is -2.22. The lowest BCUT2D eigenvalue weighted by atomic mass is 9.97. The van der Waals surface area contributed by atoms with Crippen LogP contribution in [0.5, 0.6) is 0 Å². The van der Waals surface area contributed by atoms with E-state index in [-0.39, 0.29) is 5.71 Å². The van der Waals surface area contributed by atoms with Gasteiger partial charge >= 0.3 is 0 Å². The van der Waals surface area contributed by atoms with Gasteiger partial charge in [0.2, 0.25) is 5.91 Å². The Morgan fingerprint density at radius 3 is 2.18 bits per heavy atom. The van der Waals surface area contributed by atoms with Gasteiger partial charge in [0.15, 0.2) is 0 Å². The predicted octanol–water partition coefficient (Wildman–Crippen LogP) is 4.13. The minimum atomic E-state index is -1.01. The number of para-hydroxylation sites is 1. The third-order valence-corrected chi connectivity index (χ3v) is 6.23. The summed E-state index contributed by atoms with van der Waals surface area (Å²) in [6.45, 7) is 1.96. The Balaban J connectivity index is 1.55. The number of carbonyl (C=O) groups excluding carboxylic acids is 3. The van der Waals surface area contributed by atoms with Gasteiger partial charge in [0.1, 0.15) is 17.7 Å². The first-order valence-electron chi connectivity index (χ1n) is 10.4.